The summed E-state index contributed by atoms with van der Waals surface area (Å²) < 4.78 is 5.71. The predicted molar refractivity (Wildman–Crippen MR) is 105 cm³/mol. The van der Waals surface area contributed by atoms with Crippen LogP contribution in [0.2, 0.25) is 0 Å². The summed E-state index contributed by atoms with van der Waals surface area (Å²) in [4.78, 5) is 26.3. The number of hydrogen-bond donors (Lipinski definition) is 1. The number of quaternary nitrogens is 1. The van der Waals surface area contributed by atoms with E-state index in [0.717, 1.165) is 24.8 Å². The number of fused-ring (bicyclic) bond motifs is 1. The molecule has 0 unspecified atom stereocenters. The van der Waals surface area contributed by atoms with E-state index in [9.17, 15) is 9.59 Å². The minimum atomic E-state index is -0.336. The molecule has 6 heteroatoms. The monoisotopic (exact) mass is 379 g/mol. The summed E-state index contributed by atoms with van der Waals surface area (Å²) in [6.07, 6.45) is 7.84. The van der Waals surface area contributed by atoms with Crippen molar-refractivity contribution in [2.75, 3.05) is 33.1 Å². The third-order valence-corrected chi connectivity index (χ3v) is 7.19. The number of rotatable bonds is 5. The molecule has 2 aliphatic rings. The fraction of sp³-hybridized carbons (Fsp3) is 0.700. The Bertz CT molecular complexity index is 689. The van der Waals surface area contributed by atoms with Crippen LogP contribution < -0.4 is 5.32 Å². The molecule has 2 aliphatic carbocycles. The highest BCUT2D eigenvalue weighted by molar-refractivity contribution is 7.17. The van der Waals surface area contributed by atoms with E-state index in [1.165, 1.54) is 37.7 Å². The van der Waals surface area contributed by atoms with Gasteiger partial charge in [-0.05, 0) is 56.4 Å². The number of carbonyl (C=O) groups excluding carboxylic acids is 2. The molecule has 1 atom stereocenters. The van der Waals surface area contributed by atoms with E-state index < -0.39 is 0 Å². The normalized spacial score (nSPS) is 20.7. The molecule has 5 nitrogen and oxygen atoms in total. The van der Waals surface area contributed by atoms with Gasteiger partial charge in [0.05, 0.1) is 32.8 Å². The molecule has 1 heterocycles. The van der Waals surface area contributed by atoms with Gasteiger partial charge in [-0.1, -0.05) is 6.92 Å². The van der Waals surface area contributed by atoms with Crippen LogP contribution in [-0.4, -0.2) is 50.2 Å². The first-order valence-corrected chi connectivity index (χ1v) is 10.5. The molecule has 0 bridgehead atoms. The van der Waals surface area contributed by atoms with Crippen molar-refractivity contribution in [3.05, 3.63) is 16.0 Å². The molecular weight excluding hydrogens is 348 g/mol. The van der Waals surface area contributed by atoms with E-state index in [4.69, 9.17) is 4.74 Å². The van der Waals surface area contributed by atoms with E-state index >= 15 is 0 Å². The first kappa shape index (κ1) is 19.4. The van der Waals surface area contributed by atoms with Crippen LogP contribution in [0.3, 0.4) is 0 Å². The van der Waals surface area contributed by atoms with E-state index in [1.54, 1.807) is 11.3 Å². The zero-order valence-corrected chi connectivity index (χ0v) is 17.2. The van der Waals surface area contributed by atoms with Crippen LogP contribution in [0.25, 0.3) is 0 Å². The van der Waals surface area contributed by atoms with Gasteiger partial charge in [-0.3, -0.25) is 4.79 Å². The molecule has 0 saturated heterocycles. The topological polar surface area (TPSA) is 55.4 Å². The maximum Gasteiger partial charge on any atom is 0.341 e. The van der Waals surface area contributed by atoms with Crippen LogP contribution in [0.15, 0.2) is 0 Å². The summed E-state index contributed by atoms with van der Waals surface area (Å²) in [6, 6.07) is 0.554. The van der Waals surface area contributed by atoms with Crippen molar-refractivity contribution in [1.82, 2.24) is 0 Å². The Kier molecular flexibility index (Phi) is 5.72. The highest BCUT2D eigenvalue weighted by Crippen LogP contribution is 2.40. The molecule has 1 amide bonds. The average Bonchev–Trinajstić information content (AvgIpc) is 3.21. The zero-order valence-electron chi connectivity index (χ0n) is 16.4. The lowest BCUT2D eigenvalue weighted by Crippen LogP contribution is -2.51. The fourth-order valence-electron chi connectivity index (χ4n) is 4.43. The standard InChI is InChI=1S/C20H30N2O3S/c1-13-9-10-15-16(11-13)26-19(18(15)20(24)25-4)21-17(23)12-22(2,3)14-7-5-6-8-14/h13-14H,5-12H2,1-4H3/p+1/t13-/m0/s1. The van der Waals surface area contributed by atoms with E-state index in [1.807, 2.05) is 0 Å². The van der Waals surface area contributed by atoms with Gasteiger partial charge in [0.15, 0.2) is 6.54 Å². The maximum atomic E-state index is 12.8. The average molecular weight is 380 g/mol. The van der Waals surface area contributed by atoms with E-state index in [0.29, 0.717) is 33.6 Å². The Balaban J connectivity index is 1.78. The number of thiophene rings is 1. The highest BCUT2D eigenvalue weighted by atomic mass is 32.1. The molecule has 1 N–H and O–H groups in total. The number of amides is 1. The number of likely N-dealkylation sites (N-methyl/N-ethyl adjacent to an activating group) is 1. The third kappa shape index (κ3) is 3.96. The van der Waals surface area contributed by atoms with Crippen molar-refractivity contribution in [2.24, 2.45) is 5.92 Å². The van der Waals surface area contributed by atoms with Crippen molar-refractivity contribution in [3.63, 3.8) is 0 Å². The van der Waals surface area contributed by atoms with Crippen molar-refractivity contribution in [1.29, 1.82) is 0 Å². The molecule has 26 heavy (non-hydrogen) atoms. The molecule has 1 saturated carbocycles. The van der Waals surface area contributed by atoms with Crippen LogP contribution in [0.4, 0.5) is 5.00 Å². The van der Waals surface area contributed by atoms with Crippen molar-refractivity contribution >= 4 is 28.2 Å². The lowest BCUT2D eigenvalue weighted by atomic mass is 9.88. The van der Waals surface area contributed by atoms with Crippen LogP contribution in [0.1, 0.15) is 59.8 Å². The molecule has 3 rings (SSSR count). The van der Waals surface area contributed by atoms with Gasteiger partial charge in [-0.25, -0.2) is 4.79 Å². The Morgan fingerprint density at radius 2 is 1.92 bits per heavy atom. The van der Waals surface area contributed by atoms with Gasteiger partial charge in [0.1, 0.15) is 5.00 Å². The SMILES string of the molecule is COC(=O)c1c(NC(=O)C[N+](C)(C)C2CCCC2)sc2c1CC[C@H](C)C2. The van der Waals surface area contributed by atoms with Crippen molar-refractivity contribution < 1.29 is 18.8 Å². The molecule has 1 aromatic heterocycles. The summed E-state index contributed by atoms with van der Waals surface area (Å²) in [7, 11) is 5.68. The van der Waals surface area contributed by atoms with Crippen molar-refractivity contribution in [2.45, 2.75) is 57.9 Å². The summed E-state index contributed by atoms with van der Waals surface area (Å²) in [5.74, 6) is 0.267. The maximum absolute atomic E-state index is 12.8. The lowest BCUT2D eigenvalue weighted by molar-refractivity contribution is -0.906. The second-order valence-corrected chi connectivity index (χ2v) is 9.58. The highest BCUT2D eigenvalue weighted by Gasteiger charge is 2.34. The van der Waals surface area contributed by atoms with Gasteiger partial charge in [0.2, 0.25) is 0 Å². The van der Waals surface area contributed by atoms with Gasteiger partial charge < -0.3 is 14.5 Å². The largest absolute Gasteiger partial charge is 0.465 e. The third-order valence-electron chi connectivity index (χ3n) is 6.02. The quantitative estimate of drug-likeness (QED) is 0.628. The number of hydrogen-bond acceptors (Lipinski definition) is 4. The number of nitrogens with zero attached hydrogens (tertiary/aromatic N) is 1. The van der Waals surface area contributed by atoms with Gasteiger partial charge >= 0.3 is 5.97 Å². The van der Waals surface area contributed by atoms with E-state index in [-0.39, 0.29) is 11.9 Å². The summed E-state index contributed by atoms with van der Waals surface area (Å²) in [5, 5.41) is 3.71. The van der Waals surface area contributed by atoms with Crippen LogP contribution >= 0.6 is 11.3 Å². The Hall–Kier alpha value is -1.40. The number of carbonyl (C=O) groups is 2. The number of esters is 1. The molecule has 0 aliphatic heterocycles. The minimum absolute atomic E-state index is 0.0151. The second-order valence-electron chi connectivity index (χ2n) is 8.47. The van der Waals surface area contributed by atoms with Crippen LogP contribution in [0.5, 0.6) is 0 Å². The van der Waals surface area contributed by atoms with Gasteiger partial charge in [-0.2, -0.15) is 0 Å². The molecular formula is C20H31N2O3S+. The Labute approximate surface area is 160 Å². The Morgan fingerprint density at radius 1 is 1.23 bits per heavy atom. The molecule has 0 spiro atoms. The summed E-state index contributed by atoms with van der Waals surface area (Å²) in [6.45, 7) is 2.67. The van der Waals surface area contributed by atoms with Crippen LogP contribution in [-0.2, 0) is 22.4 Å². The summed E-state index contributed by atoms with van der Waals surface area (Å²) >= 11 is 1.56. The van der Waals surface area contributed by atoms with Gasteiger partial charge in [0, 0.05) is 4.88 Å². The zero-order chi connectivity index (χ0) is 18.9. The van der Waals surface area contributed by atoms with Gasteiger partial charge in [-0.15, -0.1) is 11.3 Å². The molecule has 144 valence electrons. The predicted octanol–water partition coefficient (Wildman–Crippen LogP) is 3.62. The van der Waals surface area contributed by atoms with E-state index in [2.05, 4.69) is 26.3 Å². The molecule has 0 radical (unpaired) electrons. The molecule has 1 aromatic rings. The lowest BCUT2D eigenvalue weighted by Gasteiger charge is -2.35. The number of nitrogens with one attached hydrogen (secondary N) is 1. The minimum Gasteiger partial charge on any atom is -0.465 e. The van der Waals surface area contributed by atoms with Gasteiger partial charge in [0.25, 0.3) is 5.91 Å². The second kappa shape index (κ2) is 7.69. The Morgan fingerprint density at radius 3 is 2.58 bits per heavy atom. The smallest absolute Gasteiger partial charge is 0.341 e. The van der Waals surface area contributed by atoms with Crippen molar-refractivity contribution in [3.8, 4) is 0 Å². The molecule has 0 aromatic carbocycles. The molecule has 1 fully saturated rings. The summed E-state index contributed by atoms with van der Waals surface area (Å²) in [5.41, 5.74) is 1.67. The first-order valence-electron chi connectivity index (χ1n) is 9.67. The first-order chi connectivity index (χ1) is 12.3. The number of ether oxygens (including phenoxy) is 1. The fourth-order valence-corrected chi connectivity index (χ4v) is 5.84. The number of methoxy groups -OCH3 is 1. The van der Waals surface area contributed by atoms with Crippen LogP contribution in [0, 0.1) is 5.92 Å². The number of anilines is 1.